The number of benzene rings is 2. The monoisotopic (exact) mass is 521 g/mol. The largest absolute Gasteiger partial charge is 0.451 e. The van der Waals surface area contributed by atoms with Gasteiger partial charge in [0.25, 0.3) is 5.91 Å². The van der Waals surface area contributed by atoms with Crippen LogP contribution in [0.1, 0.15) is 54.6 Å². The number of alkyl halides is 2. The number of hydrogen-bond donors (Lipinski definition) is 2. The summed E-state index contributed by atoms with van der Waals surface area (Å²) in [7, 11) is 0. The Morgan fingerprint density at radius 2 is 1.68 bits per heavy atom. The molecule has 0 spiro atoms. The Kier molecular flexibility index (Phi) is 5.57. The van der Waals surface area contributed by atoms with E-state index in [1.54, 1.807) is 6.07 Å². The molecule has 2 saturated carbocycles. The third kappa shape index (κ3) is 4.48. The Bertz CT molecular complexity index is 1460. The van der Waals surface area contributed by atoms with E-state index in [-0.39, 0.29) is 18.6 Å². The molecule has 0 saturated heterocycles. The summed E-state index contributed by atoms with van der Waals surface area (Å²) in [6.45, 7) is 0. The smallest absolute Gasteiger partial charge is 0.287 e. The standard InChI is InChI=1S/C28H25F2N3O3S/c29-28(30)10-8-27(9-11-28,25(35)33-26(16-31)6-7-26)32-24(34)22-15-19-2-1-18(14-21(19)36-22)17-3-4-23-20(13-17)5-12-37-23/h1-4,13-15H,5-12H2,(H,32,34)(H,33,35). The molecule has 2 heterocycles. The molecule has 0 unspecified atom stereocenters. The van der Waals surface area contributed by atoms with Crippen LogP contribution in [0.5, 0.6) is 0 Å². The predicted octanol–water partition coefficient (Wildman–Crippen LogP) is 5.60. The second-order valence-electron chi connectivity index (χ2n) is 10.3. The highest BCUT2D eigenvalue weighted by Crippen LogP contribution is 2.41. The van der Waals surface area contributed by atoms with Crippen molar-refractivity contribution >= 4 is 34.5 Å². The van der Waals surface area contributed by atoms with E-state index in [9.17, 15) is 23.6 Å². The molecule has 3 aliphatic rings. The maximum Gasteiger partial charge on any atom is 0.287 e. The molecular weight excluding hydrogens is 496 g/mol. The number of carbonyl (C=O) groups is 2. The van der Waals surface area contributed by atoms with Crippen LogP contribution >= 0.6 is 11.8 Å². The number of furan rings is 1. The van der Waals surface area contributed by atoms with Crippen LogP contribution in [0.3, 0.4) is 0 Å². The van der Waals surface area contributed by atoms with Crippen LogP contribution in [-0.4, -0.2) is 34.6 Å². The molecule has 37 heavy (non-hydrogen) atoms. The van der Waals surface area contributed by atoms with Gasteiger partial charge in [0.15, 0.2) is 5.76 Å². The molecule has 190 valence electrons. The lowest BCUT2D eigenvalue weighted by Gasteiger charge is -2.39. The minimum Gasteiger partial charge on any atom is -0.451 e. The number of fused-ring (bicyclic) bond motifs is 2. The van der Waals surface area contributed by atoms with Gasteiger partial charge in [-0.25, -0.2) is 8.78 Å². The number of thioether (sulfide) groups is 1. The maximum atomic E-state index is 14.0. The van der Waals surface area contributed by atoms with Gasteiger partial charge in [-0.05, 0) is 67.0 Å². The van der Waals surface area contributed by atoms with Crippen LogP contribution < -0.4 is 10.6 Å². The molecular formula is C28H25F2N3O3S. The highest BCUT2D eigenvalue weighted by Gasteiger charge is 2.53. The fourth-order valence-corrected chi connectivity index (χ4v) is 6.20. The van der Waals surface area contributed by atoms with E-state index in [0.29, 0.717) is 18.4 Å². The Morgan fingerprint density at radius 3 is 2.41 bits per heavy atom. The minimum atomic E-state index is -2.90. The zero-order chi connectivity index (χ0) is 25.8. The van der Waals surface area contributed by atoms with E-state index in [4.69, 9.17) is 4.42 Å². The van der Waals surface area contributed by atoms with E-state index >= 15 is 0 Å². The molecule has 2 amide bonds. The molecule has 2 fully saturated rings. The minimum absolute atomic E-state index is 0.00318. The first-order valence-electron chi connectivity index (χ1n) is 12.4. The summed E-state index contributed by atoms with van der Waals surface area (Å²) in [6, 6.07) is 15.8. The number of carbonyl (C=O) groups excluding carboxylic acids is 2. The average Bonchev–Trinajstić information content (AvgIpc) is 3.29. The van der Waals surface area contributed by atoms with Crippen molar-refractivity contribution in [1.82, 2.24) is 10.6 Å². The Hall–Kier alpha value is -3.38. The Balaban J connectivity index is 1.25. The summed E-state index contributed by atoms with van der Waals surface area (Å²) in [5, 5.41) is 15.5. The lowest BCUT2D eigenvalue weighted by Crippen LogP contribution is -2.62. The topological polar surface area (TPSA) is 95.1 Å². The molecule has 6 rings (SSSR count). The van der Waals surface area contributed by atoms with Gasteiger partial charge >= 0.3 is 0 Å². The van der Waals surface area contributed by atoms with Gasteiger partial charge in [0.2, 0.25) is 11.8 Å². The lowest BCUT2D eigenvalue weighted by molar-refractivity contribution is -0.133. The fourth-order valence-electron chi connectivity index (χ4n) is 5.15. The fraction of sp³-hybridized carbons (Fsp3) is 0.393. The first kappa shape index (κ1) is 24.0. The number of hydrogen-bond acceptors (Lipinski definition) is 5. The number of nitrogens with one attached hydrogen (secondary N) is 2. The Labute approximate surface area is 216 Å². The molecule has 9 heteroatoms. The highest BCUT2D eigenvalue weighted by atomic mass is 32.2. The second kappa shape index (κ2) is 8.59. The van der Waals surface area contributed by atoms with Crippen molar-refractivity contribution in [3.05, 3.63) is 53.8 Å². The maximum absolute atomic E-state index is 14.0. The zero-order valence-electron chi connectivity index (χ0n) is 20.0. The molecule has 0 radical (unpaired) electrons. The number of nitrogens with zero attached hydrogens (tertiary/aromatic N) is 1. The third-order valence-corrected chi connectivity index (χ3v) is 8.82. The van der Waals surface area contributed by atoms with Crippen molar-refractivity contribution in [3.63, 3.8) is 0 Å². The van der Waals surface area contributed by atoms with Gasteiger partial charge in [0.1, 0.15) is 16.7 Å². The molecule has 2 aliphatic carbocycles. The summed E-state index contributed by atoms with van der Waals surface area (Å²) >= 11 is 1.86. The predicted molar refractivity (Wildman–Crippen MR) is 135 cm³/mol. The summed E-state index contributed by atoms with van der Waals surface area (Å²) in [5.41, 5.74) is 1.38. The zero-order valence-corrected chi connectivity index (χ0v) is 20.9. The molecule has 2 N–H and O–H groups in total. The molecule has 6 nitrogen and oxygen atoms in total. The SMILES string of the molecule is N#CC1(NC(=O)C2(NC(=O)c3cc4ccc(-c5ccc6c(c5)CCS6)cc4o3)CCC(F)(F)CC2)CC1. The van der Waals surface area contributed by atoms with Crippen LogP contribution in [0.25, 0.3) is 22.1 Å². The highest BCUT2D eigenvalue weighted by molar-refractivity contribution is 7.99. The second-order valence-corrected chi connectivity index (χ2v) is 11.5. The first-order valence-corrected chi connectivity index (χ1v) is 13.4. The van der Waals surface area contributed by atoms with Crippen molar-refractivity contribution in [2.45, 2.75) is 66.8 Å². The molecule has 0 atom stereocenters. The molecule has 1 aromatic heterocycles. The van der Waals surface area contributed by atoms with Gasteiger partial charge in [-0.15, -0.1) is 11.8 Å². The molecule has 3 aromatic rings. The van der Waals surface area contributed by atoms with E-state index in [1.165, 1.54) is 10.5 Å². The van der Waals surface area contributed by atoms with Gasteiger partial charge in [-0.3, -0.25) is 9.59 Å². The molecule has 2 aromatic carbocycles. The average molecular weight is 522 g/mol. The van der Waals surface area contributed by atoms with Crippen molar-refractivity contribution in [2.75, 3.05) is 5.75 Å². The number of rotatable bonds is 5. The number of aryl methyl sites for hydroxylation is 1. The van der Waals surface area contributed by atoms with Gasteiger partial charge < -0.3 is 15.1 Å². The van der Waals surface area contributed by atoms with Gasteiger partial charge in [-0.2, -0.15) is 5.26 Å². The quantitative estimate of drug-likeness (QED) is 0.456. The van der Waals surface area contributed by atoms with E-state index in [1.807, 2.05) is 30.0 Å². The molecule has 0 bridgehead atoms. The normalized spacial score (nSPS) is 20.6. The summed E-state index contributed by atoms with van der Waals surface area (Å²) in [5.74, 6) is -3.04. The van der Waals surface area contributed by atoms with Crippen molar-refractivity contribution in [2.24, 2.45) is 0 Å². The Morgan fingerprint density at radius 1 is 0.946 bits per heavy atom. The van der Waals surface area contributed by atoms with Crippen molar-refractivity contribution in [1.29, 1.82) is 5.26 Å². The number of nitriles is 1. The number of amides is 2. The van der Waals surface area contributed by atoms with Gasteiger partial charge in [-0.1, -0.05) is 24.3 Å². The van der Waals surface area contributed by atoms with Gasteiger partial charge in [0.05, 0.1) is 6.07 Å². The first-order chi connectivity index (χ1) is 17.7. The summed E-state index contributed by atoms with van der Waals surface area (Å²) < 4.78 is 33.8. The van der Waals surface area contributed by atoms with Crippen LogP contribution in [0, 0.1) is 11.3 Å². The van der Waals surface area contributed by atoms with Crippen LogP contribution in [0.4, 0.5) is 8.78 Å². The van der Waals surface area contributed by atoms with E-state index < -0.39 is 41.7 Å². The van der Waals surface area contributed by atoms with Crippen LogP contribution in [0.2, 0.25) is 0 Å². The van der Waals surface area contributed by atoms with Crippen molar-refractivity contribution in [3.8, 4) is 17.2 Å². The van der Waals surface area contributed by atoms with E-state index in [2.05, 4.69) is 34.9 Å². The summed E-state index contributed by atoms with van der Waals surface area (Å²) in [6.07, 6.45) is 0.554. The summed E-state index contributed by atoms with van der Waals surface area (Å²) in [4.78, 5) is 27.8. The number of halogens is 2. The van der Waals surface area contributed by atoms with Crippen molar-refractivity contribution < 1.29 is 22.8 Å². The van der Waals surface area contributed by atoms with Crippen LogP contribution in [-0.2, 0) is 11.2 Å². The lowest BCUT2D eigenvalue weighted by atomic mass is 9.78. The van der Waals surface area contributed by atoms with Gasteiger partial charge in [0, 0.05) is 28.9 Å². The van der Waals surface area contributed by atoms with Crippen LogP contribution in [0.15, 0.2) is 51.8 Å². The molecule has 1 aliphatic heterocycles. The van der Waals surface area contributed by atoms with E-state index in [0.717, 1.165) is 28.7 Å². The third-order valence-electron chi connectivity index (χ3n) is 7.71.